The second kappa shape index (κ2) is 19.0. The van der Waals surface area contributed by atoms with Gasteiger partial charge in [-0.25, -0.2) is 0 Å². The fourth-order valence-corrected chi connectivity index (χ4v) is 3.45. The first kappa shape index (κ1) is 23.2. The molecule has 1 heteroatoms. The zero-order valence-corrected chi connectivity index (χ0v) is 17.4. The van der Waals surface area contributed by atoms with Crippen LogP contribution in [0.4, 0.5) is 0 Å². The van der Waals surface area contributed by atoms with Crippen molar-refractivity contribution in [3.63, 3.8) is 0 Å². The van der Waals surface area contributed by atoms with Gasteiger partial charge in [-0.05, 0) is 30.9 Å². The molecule has 0 fully saturated rings. The molecular formula is C25H43O. The summed E-state index contributed by atoms with van der Waals surface area (Å²) in [4.78, 5) is 0. The second-order valence-corrected chi connectivity index (χ2v) is 7.70. The normalized spacial score (nSPS) is 11.1. The summed E-state index contributed by atoms with van der Waals surface area (Å²) in [6.07, 6.45) is 22.0. The lowest BCUT2D eigenvalue weighted by molar-refractivity contribution is 0.127. The molecule has 1 aromatic rings. The highest BCUT2D eigenvalue weighted by molar-refractivity contribution is 5.12. The zero-order valence-electron chi connectivity index (χ0n) is 17.4. The molecule has 1 aromatic carbocycles. The van der Waals surface area contributed by atoms with E-state index in [4.69, 9.17) is 4.74 Å². The third-order valence-electron chi connectivity index (χ3n) is 5.15. The molecule has 26 heavy (non-hydrogen) atoms. The van der Waals surface area contributed by atoms with Gasteiger partial charge in [-0.2, -0.15) is 0 Å². The minimum absolute atomic E-state index is 0.890. The van der Waals surface area contributed by atoms with E-state index in [1.807, 2.05) is 12.1 Å². The van der Waals surface area contributed by atoms with Crippen molar-refractivity contribution in [1.82, 2.24) is 0 Å². The Morgan fingerprint density at radius 3 is 1.73 bits per heavy atom. The average molecular weight is 360 g/mol. The summed E-state index contributed by atoms with van der Waals surface area (Å²) in [7, 11) is 0. The predicted molar refractivity (Wildman–Crippen MR) is 115 cm³/mol. The van der Waals surface area contributed by atoms with E-state index in [2.05, 4.69) is 25.1 Å². The van der Waals surface area contributed by atoms with E-state index in [1.165, 1.54) is 95.5 Å². The first-order valence-electron chi connectivity index (χ1n) is 11.5. The molecule has 1 nitrogen and oxygen atoms in total. The van der Waals surface area contributed by atoms with E-state index < -0.39 is 0 Å². The van der Waals surface area contributed by atoms with Crippen LogP contribution in [0, 0.1) is 6.07 Å². The van der Waals surface area contributed by atoms with Gasteiger partial charge in [0.1, 0.15) is 0 Å². The fourth-order valence-electron chi connectivity index (χ4n) is 3.45. The first-order chi connectivity index (χ1) is 12.9. The van der Waals surface area contributed by atoms with Gasteiger partial charge >= 0.3 is 0 Å². The quantitative estimate of drug-likeness (QED) is 0.228. The molecule has 0 spiro atoms. The lowest BCUT2D eigenvalue weighted by atomic mass is 10.0. The Hall–Kier alpha value is -0.820. The number of ether oxygens (including phenoxy) is 1. The minimum Gasteiger partial charge on any atom is -0.381 e. The van der Waals surface area contributed by atoms with Gasteiger partial charge in [0.2, 0.25) is 0 Å². The van der Waals surface area contributed by atoms with Crippen LogP contribution in [0.5, 0.6) is 0 Å². The molecule has 1 radical (unpaired) electrons. The summed E-state index contributed by atoms with van der Waals surface area (Å²) < 4.78 is 5.75. The lowest BCUT2D eigenvalue weighted by Crippen LogP contribution is -1.99. The van der Waals surface area contributed by atoms with Gasteiger partial charge in [-0.1, -0.05) is 115 Å². The Bertz CT molecular complexity index is 373. The Kier molecular flexibility index (Phi) is 16.9. The van der Waals surface area contributed by atoms with E-state index in [0.717, 1.165) is 26.1 Å². The van der Waals surface area contributed by atoms with Gasteiger partial charge in [0.25, 0.3) is 0 Å². The number of aryl methyl sites for hydroxylation is 1. The van der Waals surface area contributed by atoms with Gasteiger partial charge in [0, 0.05) is 13.2 Å². The monoisotopic (exact) mass is 359 g/mol. The van der Waals surface area contributed by atoms with E-state index in [1.54, 1.807) is 0 Å². The minimum atomic E-state index is 0.890. The number of hydrogen-bond acceptors (Lipinski definition) is 1. The van der Waals surface area contributed by atoms with Crippen molar-refractivity contribution in [1.29, 1.82) is 0 Å². The Balaban J connectivity index is 1.68. The molecular weight excluding hydrogens is 316 g/mol. The summed E-state index contributed by atoms with van der Waals surface area (Å²) >= 11 is 0. The van der Waals surface area contributed by atoms with E-state index >= 15 is 0 Å². The molecule has 0 atom stereocenters. The topological polar surface area (TPSA) is 9.23 Å². The first-order valence-corrected chi connectivity index (χ1v) is 11.5. The molecule has 149 valence electrons. The summed E-state index contributed by atoms with van der Waals surface area (Å²) in [5, 5.41) is 0. The molecule has 0 aliphatic carbocycles. The van der Waals surface area contributed by atoms with E-state index in [9.17, 15) is 0 Å². The van der Waals surface area contributed by atoms with Crippen LogP contribution in [0.3, 0.4) is 0 Å². The fraction of sp³-hybridized carbons (Fsp3) is 0.760. The maximum atomic E-state index is 5.75. The van der Waals surface area contributed by atoms with Crippen LogP contribution < -0.4 is 0 Å². The van der Waals surface area contributed by atoms with Crippen molar-refractivity contribution in [2.45, 2.75) is 110 Å². The van der Waals surface area contributed by atoms with Gasteiger partial charge in [0.05, 0.1) is 0 Å². The molecule has 1 rings (SSSR count). The number of benzene rings is 1. The predicted octanol–water partition coefficient (Wildman–Crippen LogP) is 7.92. The van der Waals surface area contributed by atoms with Crippen molar-refractivity contribution in [3.05, 3.63) is 35.9 Å². The van der Waals surface area contributed by atoms with Gasteiger partial charge in [-0.15, -0.1) is 0 Å². The molecule has 0 bridgehead atoms. The number of unbranched alkanes of at least 4 members (excludes halogenated alkanes) is 13. The van der Waals surface area contributed by atoms with Crippen molar-refractivity contribution in [3.8, 4) is 0 Å². The Morgan fingerprint density at radius 2 is 1.19 bits per heavy atom. The van der Waals surface area contributed by atoms with Gasteiger partial charge in [0.15, 0.2) is 0 Å². The van der Waals surface area contributed by atoms with Crippen molar-refractivity contribution in [2.75, 3.05) is 13.2 Å². The summed E-state index contributed by atoms with van der Waals surface area (Å²) in [6.45, 7) is 4.12. The number of hydrogen-bond donors (Lipinski definition) is 0. The SMILES string of the molecule is CCCCCCCCCCCCCCCCOCCCc1[c]cccc1. The maximum absolute atomic E-state index is 5.75. The zero-order chi connectivity index (χ0) is 18.5. The third kappa shape index (κ3) is 15.4. The smallest absolute Gasteiger partial charge is 0.0469 e. The third-order valence-corrected chi connectivity index (χ3v) is 5.15. The van der Waals surface area contributed by atoms with Crippen molar-refractivity contribution >= 4 is 0 Å². The molecule has 0 amide bonds. The standard InChI is InChI=1S/C25H43O/c1-2-3-4-5-6-7-8-9-10-11-12-13-14-18-23-26-24-19-22-25-20-16-15-17-21-25/h15-17,20H,2-14,18-19,22-24H2,1H3. The molecule has 0 saturated carbocycles. The summed E-state index contributed by atoms with van der Waals surface area (Å²) in [5.41, 5.74) is 1.30. The molecule has 0 aliphatic rings. The van der Waals surface area contributed by atoms with Gasteiger partial charge in [-0.3, -0.25) is 0 Å². The largest absolute Gasteiger partial charge is 0.381 e. The maximum Gasteiger partial charge on any atom is 0.0469 e. The van der Waals surface area contributed by atoms with Gasteiger partial charge < -0.3 is 4.74 Å². The lowest BCUT2D eigenvalue weighted by Gasteiger charge is -2.05. The van der Waals surface area contributed by atoms with E-state index in [0.29, 0.717) is 0 Å². The highest BCUT2D eigenvalue weighted by Crippen LogP contribution is 2.13. The van der Waals surface area contributed by atoms with Crippen LogP contribution in [0.2, 0.25) is 0 Å². The van der Waals surface area contributed by atoms with Crippen LogP contribution in [0.1, 0.15) is 109 Å². The van der Waals surface area contributed by atoms with E-state index in [-0.39, 0.29) is 0 Å². The van der Waals surface area contributed by atoms with Crippen LogP contribution >= 0.6 is 0 Å². The summed E-state index contributed by atoms with van der Waals surface area (Å²) in [5.74, 6) is 0. The van der Waals surface area contributed by atoms with Crippen molar-refractivity contribution in [2.24, 2.45) is 0 Å². The molecule has 0 aromatic heterocycles. The Morgan fingerprint density at radius 1 is 0.654 bits per heavy atom. The molecule has 0 unspecified atom stereocenters. The molecule has 0 saturated heterocycles. The van der Waals surface area contributed by atoms with Crippen LogP contribution in [-0.4, -0.2) is 13.2 Å². The van der Waals surface area contributed by atoms with Crippen LogP contribution in [0.15, 0.2) is 24.3 Å². The van der Waals surface area contributed by atoms with Crippen LogP contribution in [0.25, 0.3) is 0 Å². The molecule has 0 heterocycles. The molecule has 0 N–H and O–H groups in total. The van der Waals surface area contributed by atoms with Crippen molar-refractivity contribution < 1.29 is 4.74 Å². The molecule has 0 aliphatic heterocycles. The number of rotatable bonds is 19. The average Bonchev–Trinajstić information content (AvgIpc) is 2.68. The van der Waals surface area contributed by atoms with Crippen LogP contribution in [-0.2, 0) is 11.2 Å². The summed E-state index contributed by atoms with van der Waals surface area (Å²) in [6, 6.07) is 11.5. The highest BCUT2D eigenvalue weighted by atomic mass is 16.5. The second-order valence-electron chi connectivity index (χ2n) is 7.70. The Labute approximate surface area is 163 Å². The highest BCUT2D eigenvalue weighted by Gasteiger charge is 1.95.